The van der Waals surface area contributed by atoms with Crippen molar-refractivity contribution in [1.29, 1.82) is 0 Å². The number of benzene rings is 1. The van der Waals surface area contributed by atoms with Crippen molar-refractivity contribution in [3.05, 3.63) is 47.1 Å². The molecule has 0 radical (unpaired) electrons. The summed E-state index contributed by atoms with van der Waals surface area (Å²) in [6, 6.07) is 2.82. The molecule has 10 nitrogen and oxygen atoms in total. The van der Waals surface area contributed by atoms with Crippen LogP contribution < -0.4 is 21.5 Å². The molecule has 0 spiro atoms. The number of phenols is 1. The number of allylic oxidation sites excluding steroid dienone is 3. The summed E-state index contributed by atoms with van der Waals surface area (Å²) in [5, 5.41) is 30.3. The van der Waals surface area contributed by atoms with E-state index in [1.807, 2.05) is 6.92 Å². The number of nitrogens with two attached hydrogens (primary N) is 2. The molecule has 0 aromatic heterocycles. The molecule has 224 valence electrons. The van der Waals surface area contributed by atoms with E-state index in [0.717, 1.165) is 62.5 Å². The van der Waals surface area contributed by atoms with Crippen LogP contribution in [0.4, 0.5) is 4.79 Å². The number of amides is 1. The van der Waals surface area contributed by atoms with E-state index in [1.165, 1.54) is 5.57 Å². The van der Waals surface area contributed by atoms with E-state index in [9.17, 15) is 19.5 Å². The molecule has 0 fully saturated rings. The Morgan fingerprint density at radius 2 is 1.88 bits per heavy atom. The molecular weight excluding hydrogens is 514 g/mol. The monoisotopic (exact) mass is 561 g/mol. The molecule has 0 aliphatic heterocycles. The van der Waals surface area contributed by atoms with Gasteiger partial charge in [-0.25, -0.2) is 4.79 Å². The lowest BCUT2D eigenvalue weighted by Crippen LogP contribution is -2.32. The third-order valence-electron chi connectivity index (χ3n) is 6.84. The molecule has 1 aliphatic rings. The Labute approximate surface area is 237 Å². The fourth-order valence-corrected chi connectivity index (χ4v) is 4.63. The smallest absolute Gasteiger partial charge is 0.413 e. The number of rotatable bonds is 14. The van der Waals surface area contributed by atoms with Gasteiger partial charge >= 0.3 is 18.0 Å². The van der Waals surface area contributed by atoms with Gasteiger partial charge in [-0.15, -0.1) is 0 Å². The Morgan fingerprint density at radius 1 is 1.18 bits per heavy atom. The number of hydrogen-bond donors (Lipinski definition) is 6. The minimum Gasteiger partial charge on any atom is -0.507 e. The topological polar surface area (TPSA) is 185 Å². The molecular formula is C30H47N3O7. The summed E-state index contributed by atoms with van der Waals surface area (Å²) in [6.07, 6.45) is 9.16. The fourth-order valence-electron chi connectivity index (χ4n) is 4.63. The van der Waals surface area contributed by atoms with E-state index in [0.29, 0.717) is 18.5 Å². The van der Waals surface area contributed by atoms with Crippen molar-refractivity contribution < 1.29 is 34.4 Å². The number of hydrogen-bond acceptors (Lipinski definition) is 7. The first-order chi connectivity index (χ1) is 18.9. The quantitative estimate of drug-likeness (QED) is 0.136. The first-order valence-corrected chi connectivity index (χ1v) is 14.0. The second-order valence-electron chi connectivity index (χ2n) is 10.4. The maximum Gasteiger partial charge on any atom is 0.413 e. The number of aryl methyl sites for hydroxylation is 1. The molecule has 1 aromatic rings. The van der Waals surface area contributed by atoms with E-state index in [2.05, 4.69) is 31.8 Å². The van der Waals surface area contributed by atoms with Crippen LogP contribution in [0.5, 0.6) is 11.5 Å². The van der Waals surface area contributed by atoms with Gasteiger partial charge in [0.25, 0.3) is 0 Å². The Bertz CT molecular complexity index is 1040. The number of carboxylic acid groups (broad SMARTS) is 2. The first-order valence-electron chi connectivity index (χ1n) is 14.0. The average molecular weight is 562 g/mol. The van der Waals surface area contributed by atoms with Crippen LogP contribution >= 0.6 is 0 Å². The molecule has 0 unspecified atom stereocenters. The summed E-state index contributed by atoms with van der Waals surface area (Å²) in [4.78, 5) is 33.1. The van der Waals surface area contributed by atoms with Gasteiger partial charge < -0.3 is 36.8 Å². The molecule has 1 amide bonds. The molecule has 10 heteroatoms. The molecule has 0 saturated carbocycles. The van der Waals surface area contributed by atoms with Crippen LogP contribution in [0.2, 0.25) is 0 Å². The number of carbonyl (C=O) groups excluding carboxylic acids is 1. The van der Waals surface area contributed by atoms with Gasteiger partial charge in [-0.3, -0.25) is 9.59 Å². The Morgan fingerprint density at radius 3 is 2.45 bits per heavy atom. The molecule has 1 aromatic carbocycles. The highest BCUT2D eigenvalue weighted by atomic mass is 16.6. The highest BCUT2D eigenvalue weighted by Gasteiger charge is 2.31. The van der Waals surface area contributed by atoms with Gasteiger partial charge in [0.1, 0.15) is 24.1 Å². The second kappa shape index (κ2) is 18.1. The number of carbonyl (C=O) groups is 3. The van der Waals surface area contributed by atoms with Gasteiger partial charge in [-0.1, -0.05) is 50.0 Å². The number of ether oxygens (including phenoxy) is 1. The minimum atomic E-state index is -1.16. The number of phenolic OH excluding ortho intramolecular Hbond substituents is 1. The summed E-state index contributed by atoms with van der Waals surface area (Å²) in [6.45, 7) is 10.3. The fraction of sp³-hybridized carbons (Fsp3) is 0.567. The Balaban J connectivity index is 0.000000680. The predicted octanol–water partition coefficient (Wildman–Crippen LogP) is 4.84. The molecule has 1 aliphatic carbocycles. The SMILES string of the molecule is C=C(C)[C@@H]1CCC(C)=C[C@H]1c1c(O)cc(CCCCC)cc1OC(=O)NCC(=O)O.NCCCC[C@H](N)C(=O)O. The van der Waals surface area contributed by atoms with Crippen LogP contribution in [-0.2, 0) is 16.0 Å². The zero-order chi connectivity index (χ0) is 30.2. The summed E-state index contributed by atoms with van der Waals surface area (Å²) in [5.41, 5.74) is 14.1. The number of nitrogens with one attached hydrogen (secondary N) is 1. The normalized spacial score (nSPS) is 17.1. The largest absolute Gasteiger partial charge is 0.507 e. The summed E-state index contributed by atoms with van der Waals surface area (Å²) >= 11 is 0. The third kappa shape index (κ3) is 12.2. The molecule has 40 heavy (non-hydrogen) atoms. The van der Waals surface area contributed by atoms with E-state index in [-0.39, 0.29) is 23.3 Å². The van der Waals surface area contributed by atoms with Crippen LogP contribution in [0, 0.1) is 5.92 Å². The molecule has 0 saturated heterocycles. The van der Waals surface area contributed by atoms with E-state index in [4.69, 9.17) is 26.4 Å². The van der Waals surface area contributed by atoms with E-state index in [1.54, 1.807) is 12.1 Å². The van der Waals surface area contributed by atoms with Gasteiger partial charge in [-0.2, -0.15) is 0 Å². The molecule has 0 heterocycles. The van der Waals surface area contributed by atoms with Gasteiger partial charge in [0, 0.05) is 11.5 Å². The number of aromatic hydroxyl groups is 1. The van der Waals surface area contributed by atoms with Crippen molar-refractivity contribution in [1.82, 2.24) is 5.32 Å². The van der Waals surface area contributed by atoms with E-state index < -0.39 is 30.6 Å². The van der Waals surface area contributed by atoms with Crippen LogP contribution in [0.1, 0.15) is 89.2 Å². The number of unbranched alkanes of at least 4 members (excludes halogenated alkanes) is 3. The predicted molar refractivity (Wildman–Crippen MR) is 156 cm³/mol. The first kappa shape index (κ1) is 34.7. The molecule has 2 rings (SSSR count). The van der Waals surface area contributed by atoms with Crippen molar-refractivity contribution >= 4 is 18.0 Å². The van der Waals surface area contributed by atoms with Crippen molar-refractivity contribution in [2.24, 2.45) is 17.4 Å². The van der Waals surface area contributed by atoms with E-state index >= 15 is 0 Å². The van der Waals surface area contributed by atoms with Crippen LogP contribution in [0.25, 0.3) is 0 Å². The van der Waals surface area contributed by atoms with Gasteiger partial charge in [-0.05, 0) is 82.5 Å². The lowest BCUT2D eigenvalue weighted by Gasteiger charge is -2.32. The zero-order valence-corrected chi connectivity index (χ0v) is 24.1. The minimum absolute atomic E-state index is 0.0900. The van der Waals surface area contributed by atoms with Crippen molar-refractivity contribution in [2.45, 2.75) is 90.5 Å². The number of aliphatic carboxylic acids is 2. The van der Waals surface area contributed by atoms with Crippen molar-refractivity contribution in [3.63, 3.8) is 0 Å². The molecule has 3 atom stereocenters. The zero-order valence-electron chi connectivity index (χ0n) is 24.1. The maximum atomic E-state index is 12.2. The maximum absolute atomic E-state index is 12.2. The van der Waals surface area contributed by atoms with Gasteiger partial charge in [0.15, 0.2) is 0 Å². The van der Waals surface area contributed by atoms with Gasteiger partial charge in [0.2, 0.25) is 0 Å². The van der Waals surface area contributed by atoms with Gasteiger partial charge in [0.05, 0.1) is 0 Å². The van der Waals surface area contributed by atoms with Crippen LogP contribution in [0.3, 0.4) is 0 Å². The standard InChI is InChI=1S/C24H33NO5.C6H14N2O2/c1-5-6-7-8-17-12-20(26)23(19-11-16(4)9-10-18(19)15(2)3)21(13-17)30-24(29)25-14-22(27)28;7-4-2-1-3-5(8)6(9)10/h11-13,18-19,26H,2,5-10,14H2,1,3-4H3,(H,25,29)(H,27,28);5H,1-4,7-8H2,(H,9,10)/t18-,19+;5-/m00/s1. The van der Waals surface area contributed by atoms with Crippen LogP contribution in [-0.4, -0.2) is 52.5 Å². The molecule has 0 bridgehead atoms. The molecule has 8 N–H and O–H groups in total. The third-order valence-corrected chi connectivity index (χ3v) is 6.84. The Kier molecular flexibility index (Phi) is 15.7. The lowest BCUT2D eigenvalue weighted by atomic mass is 9.73. The summed E-state index contributed by atoms with van der Waals surface area (Å²) < 4.78 is 5.51. The summed E-state index contributed by atoms with van der Waals surface area (Å²) in [5.74, 6) is -1.77. The van der Waals surface area contributed by atoms with Crippen molar-refractivity contribution in [3.8, 4) is 11.5 Å². The average Bonchev–Trinajstić information content (AvgIpc) is 2.87. The van der Waals surface area contributed by atoms with Crippen molar-refractivity contribution in [2.75, 3.05) is 13.1 Å². The highest BCUT2D eigenvalue weighted by molar-refractivity contribution is 5.78. The van der Waals surface area contributed by atoms with Crippen LogP contribution in [0.15, 0.2) is 35.9 Å². The number of carboxylic acids is 2. The lowest BCUT2D eigenvalue weighted by molar-refractivity contribution is -0.139. The Hall–Kier alpha value is -3.37. The summed E-state index contributed by atoms with van der Waals surface area (Å²) in [7, 11) is 0. The second-order valence-corrected chi connectivity index (χ2v) is 10.4. The highest BCUT2D eigenvalue weighted by Crippen LogP contribution is 2.47.